The first-order valence-electron chi connectivity index (χ1n) is 8.43. The number of hydrogen-bond donors (Lipinski definition) is 2. The molecule has 0 saturated carbocycles. The Bertz CT molecular complexity index is 622. The van der Waals surface area contributed by atoms with Crippen LogP contribution in [0.15, 0.2) is 4.99 Å². The topological polar surface area (TPSA) is 83.8 Å². The van der Waals surface area contributed by atoms with E-state index in [1.54, 1.807) is 19.0 Å². The lowest BCUT2D eigenvalue weighted by Crippen LogP contribution is -2.43. The Hall–Kier alpha value is -1.52. The van der Waals surface area contributed by atoms with Crippen LogP contribution in [-0.4, -0.2) is 59.5 Å². The number of guanidine groups is 1. The van der Waals surface area contributed by atoms with E-state index in [1.165, 1.54) is 0 Å². The highest BCUT2D eigenvalue weighted by molar-refractivity contribution is 14.0. The highest BCUT2D eigenvalue weighted by Gasteiger charge is 2.19. The quantitative estimate of drug-likeness (QED) is 0.384. The van der Waals surface area contributed by atoms with E-state index in [2.05, 4.69) is 20.7 Å². The van der Waals surface area contributed by atoms with E-state index in [4.69, 9.17) is 4.74 Å². The number of likely N-dealkylation sites (N-methyl/N-ethyl adjacent to an activating group) is 1. The van der Waals surface area contributed by atoms with Gasteiger partial charge in [0.05, 0.1) is 5.69 Å². The number of nitrogens with one attached hydrogen (secondary N) is 2. The van der Waals surface area contributed by atoms with Crippen LogP contribution in [-0.2, 0) is 18.3 Å². The smallest absolute Gasteiger partial charge is 0.410 e. The van der Waals surface area contributed by atoms with E-state index in [0.717, 1.165) is 17.0 Å². The third-order valence-corrected chi connectivity index (χ3v) is 3.76. The molecule has 150 valence electrons. The number of carbonyl (C=O) groups excluding carboxylic acids is 1. The molecule has 0 aromatic carbocycles. The minimum atomic E-state index is -0.490. The van der Waals surface area contributed by atoms with Gasteiger partial charge < -0.3 is 20.3 Å². The maximum atomic E-state index is 11.9. The summed E-state index contributed by atoms with van der Waals surface area (Å²) in [5.41, 5.74) is 2.81. The number of aromatic nitrogens is 2. The second-order valence-electron chi connectivity index (χ2n) is 7.03. The van der Waals surface area contributed by atoms with Crippen LogP contribution in [0.2, 0.25) is 0 Å². The summed E-state index contributed by atoms with van der Waals surface area (Å²) in [6, 6.07) is 0. The van der Waals surface area contributed by atoms with E-state index in [-0.39, 0.29) is 30.1 Å². The van der Waals surface area contributed by atoms with Gasteiger partial charge in [0.2, 0.25) is 0 Å². The van der Waals surface area contributed by atoms with Crippen molar-refractivity contribution in [2.75, 3.05) is 27.2 Å². The number of ether oxygens (including phenoxy) is 1. The number of hydrogen-bond acceptors (Lipinski definition) is 4. The highest BCUT2D eigenvalue weighted by atomic mass is 127. The molecule has 1 amide bonds. The minimum absolute atomic E-state index is 0. The first kappa shape index (κ1) is 24.5. The van der Waals surface area contributed by atoms with Gasteiger partial charge in [-0.05, 0) is 34.6 Å². The van der Waals surface area contributed by atoms with Gasteiger partial charge in [-0.15, -0.1) is 24.0 Å². The number of aryl methyl sites for hydroxylation is 2. The molecule has 0 aliphatic carbocycles. The normalized spacial score (nSPS) is 11.6. The molecule has 1 aromatic heterocycles. The van der Waals surface area contributed by atoms with E-state index < -0.39 is 5.60 Å². The third kappa shape index (κ3) is 7.79. The van der Waals surface area contributed by atoms with E-state index in [9.17, 15) is 4.79 Å². The molecule has 1 heterocycles. The Labute approximate surface area is 173 Å². The third-order valence-electron chi connectivity index (χ3n) is 3.76. The molecule has 0 bridgehead atoms. The first-order valence-corrected chi connectivity index (χ1v) is 8.43. The van der Waals surface area contributed by atoms with Gasteiger partial charge in [-0.25, -0.2) is 4.79 Å². The summed E-state index contributed by atoms with van der Waals surface area (Å²) in [5.74, 6) is 0.681. The summed E-state index contributed by atoms with van der Waals surface area (Å²) in [6.07, 6.45) is -0.334. The second kappa shape index (κ2) is 10.6. The second-order valence-corrected chi connectivity index (χ2v) is 7.03. The number of rotatable bonds is 5. The van der Waals surface area contributed by atoms with Crippen molar-refractivity contribution >= 4 is 36.0 Å². The van der Waals surface area contributed by atoms with Gasteiger partial charge in [-0.3, -0.25) is 9.67 Å². The highest BCUT2D eigenvalue weighted by Crippen LogP contribution is 2.11. The van der Waals surface area contributed by atoms with Gasteiger partial charge in [-0.1, -0.05) is 0 Å². The monoisotopic (exact) mass is 480 g/mol. The molecule has 26 heavy (non-hydrogen) atoms. The summed E-state index contributed by atoms with van der Waals surface area (Å²) < 4.78 is 7.19. The van der Waals surface area contributed by atoms with Crippen LogP contribution in [0.4, 0.5) is 4.79 Å². The molecule has 8 nitrogen and oxygen atoms in total. The lowest BCUT2D eigenvalue weighted by molar-refractivity contribution is 0.0302. The fourth-order valence-corrected chi connectivity index (χ4v) is 2.24. The Morgan fingerprint density at radius 1 is 1.31 bits per heavy atom. The number of nitrogens with zero attached hydrogens (tertiary/aromatic N) is 4. The predicted octanol–water partition coefficient (Wildman–Crippen LogP) is 2.19. The molecule has 9 heteroatoms. The first-order chi connectivity index (χ1) is 11.5. The van der Waals surface area contributed by atoms with Crippen LogP contribution in [0.25, 0.3) is 0 Å². The lowest BCUT2D eigenvalue weighted by Gasteiger charge is -2.24. The van der Waals surface area contributed by atoms with Crippen LogP contribution in [0.5, 0.6) is 0 Å². The molecule has 0 spiro atoms. The molecule has 1 rings (SSSR count). The number of aliphatic imine (C=N–C) groups is 1. The fourth-order valence-electron chi connectivity index (χ4n) is 2.24. The summed E-state index contributed by atoms with van der Waals surface area (Å²) in [6.45, 7) is 11.3. The average Bonchev–Trinajstić information content (AvgIpc) is 2.74. The van der Waals surface area contributed by atoms with Crippen molar-refractivity contribution in [3.8, 4) is 0 Å². The van der Waals surface area contributed by atoms with Gasteiger partial charge in [0, 0.05) is 52.0 Å². The molecular weight excluding hydrogens is 447 g/mol. The van der Waals surface area contributed by atoms with E-state index in [0.29, 0.717) is 25.6 Å². The molecular formula is C17H33IN6O2. The molecule has 0 saturated heterocycles. The Morgan fingerprint density at radius 3 is 2.38 bits per heavy atom. The largest absolute Gasteiger partial charge is 0.444 e. The number of halogens is 1. The van der Waals surface area contributed by atoms with Crippen molar-refractivity contribution in [3.63, 3.8) is 0 Å². The van der Waals surface area contributed by atoms with Gasteiger partial charge in [0.25, 0.3) is 0 Å². The lowest BCUT2D eigenvalue weighted by atomic mass is 10.2. The summed E-state index contributed by atoms with van der Waals surface area (Å²) in [5, 5.41) is 10.9. The zero-order chi connectivity index (χ0) is 19.2. The standard InChI is InChI=1S/C17H32N6O2.HI/c1-12-14(13(2)23(8)21-12)11-20-15(18-6)19-9-10-22(7)16(24)25-17(3,4)5;/h9-11H2,1-8H3,(H2,18,19,20);1H. The molecule has 0 radical (unpaired) electrons. The van der Waals surface area contributed by atoms with Crippen LogP contribution < -0.4 is 10.6 Å². The zero-order valence-corrected chi connectivity index (χ0v) is 19.5. The van der Waals surface area contributed by atoms with Crippen LogP contribution in [0.3, 0.4) is 0 Å². The molecule has 1 aromatic rings. The Kier molecular flexibility index (Phi) is 9.97. The van der Waals surface area contributed by atoms with Crippen molar-refractivity contribution in [2.24, 2.45) is 12.0 Å². The molecule has 0 fully saturated rings. The van der Waals surface area contributed by atoms with Crippen LogP contribution >= 0.6 is 24.0 Å². The molecule has 0 aliphatic heterocycles. The SMILES string of the molecule is CN=C(NCCN(C)C(=O)OC(C)(C)C)NCc1c(C)nn(C)c1C.I. The van der Waals surface area contributed by atoms with Gasteiger partial charge in [-0.2, -0.15) is 5.10 Å². The van der Waals surface area contributed by atoms with Crippen molar-refractivity contribution in [1.82, 2.24) is 25.3 Å². The minimum Gasteiger partial charge on any atom is -0.444 e. The Morgan fingerprint density at radius 2 is 1.92 bits per heavy atom. The van der Waals surface area contributed by atoms with Crippen LogP contribution in [0, 0.1) is 13.8 Å². The van der Waals surface area contributed by atoms with E-state index >= 15 is 0 Å². The van der Waals surface area contributed by atoms with Crippen molar-refractivity contribution in [2.45, 2.75) is 46.8 Å². The average molecular weight is 480 g/mol. The Balaban J connectivity index is 0.00000625. The number of carbonyl (C=O) groups is 1. The van der Waals surface area contributed by atoms with Crippen molar-refractivity contribution in [1.29, 1.82) is 0 Å². The fraction of sp³-hybridized carbons (Fsp3) is 0.706. The number of amides is 1. The van der Waals surface area contributed by atoms with Crippen molar-refractivity contribution < 1.29 is 9.53 Å². The van der Waals surface area contributed by atoms with E-state index in [1.807, 2.05) is 46.3 Å². The molecule has 2 N–H and O–H groups in total. The van der Waals surface area contributed by atoms with Crippen LogP contribution in [0.1, 0.15) is 37.7 Å². The maximum Gasteiger partial charge on any atom is 0.410 e. The summed E-state index contributed by atoms with van der Waals surface area (Å²) in [7, 11) is 5.37. The predicted molar refractivity (Wildman–Crippen MR) is 115 cm³/mol. The van der Waals surface area contributed by atoms with Gasteiger partial charge in [0.1, 0.15) is 5.60 Å². The maximum absolute atomic E-state index is 11.9. The zero-order valence-electron chi connectivity index (χ0n) is 17.1. The van der Waals surface area contributed by atoms with Gasteiger partial charge >= 0.3 is 6.09 Å². The molecule has 0 unspecified atom stereocenters. The van der Waals surface area contributed by atoms with Crippen molar-refractivity contribution in [3.05, 3.63) is 17.0 Å². The molecule has 0 aliphatic rings. The summed E-state index contributed by atoms with van der Waals surface area (Å²) >= 11 is 0. The molecule has 0 atom stereocenters. The van der Waals surface area contributed by atoms with Gasteiger partial charge in [0.15, 0.2) is 5.96 Å². The summed E-state index contributed by atoms with van der Waals surface area (Å²) in [4.78, 5) is 17.7.